The third-order valence-electron chi connectivity index (χ3n) is 0.213. The van der Waals surface area contributed by atoms with E-state index in [2.05, 4.69) is 4.31 Å². The summed E-state index contributed by atoms with van der Waals surface area (Å²) in [6, 6.07) is 0. The smallest absolute Gasteiger partial charge is 0.302 e. The molecule has 0 atom stereocenters. The summed E-state index contributed by atoms with van der Waals surface area (Å²) < 4.78 is 22.2. The molecule has 4 N–H and O–H groups in total. The normalized spacial score (nSPS) is 12.4. The molecular weight excluding hydrogens is 237 g/mol. The average molecular weight is 242 g/mol. The van der Waals surface area contributed by atoms with Gasteiger partial charge in [0.25, 0.3) is 0 Å². The molecule has 0 amide bonds. The topological polar surface area (TPSA) is 124 Å². The van der Waals surface area contributed by atoms with Crippen molar-refractivity contribution in [2.45, 2.75) is 0 Å². The molecule has 0 fully saturated rings. The van der Waals surface area contributed by atoms with Gasteiger partial charge < -0.3 is 19.6 Å². The molecule has 0 saturated heterocycles. The van der Waals surface area contributed by atoms with Gasteiger partial charge in [0.2, 0.25) is 0 Å². The molecule has 0 aliphatic heterocycles. The van der Waals surface area contributed by atoms with Gasteiger partial charge in [-0.2, -0.15) is 4.31 Å². The Bertz CT molecular complexity index is 152. The Morgan fingerprint density at radius 2 is 1.10 bits per heavy atom. The van der Waals surface area contributed by atoms with Gasteiger partial charge in [0.15, 0.2) is 0 Å². The Hall–Kier alpha value is 0.779. The van der Waals surface area contributed by atoms with E-state index >= 15 is 0 Å². The predicted molar refractivity (Wildman–Crippen MR) is 25.2 cm³/mol. The maximum atomic E-state index is 9.63. The van der Waals surface area contributed by atoms with E-state index in [9.17, 15) is 9.13 Å². The van der Waals surface area contributed by atoms with Crippen LogP contribution in [0.2, 0.25) is 0 Å². The van der Waals surface area contributed by atoms with Gasteiger partial charge in [-0.3, -0.25) is 0 Å². The monoisotopic (exact) mass is 241 g/mol. The standard InChI is InChI=1S/Cu.H4O7P2/c;1-8(2,3)7-9(4,5)6/h;(H2,1,2,3)(H2,4,5,6)/q+1;. The van der Waals surface area contributed by atoms with Crippen molar-refractivity contribution >= 4 is 15.6 Å². The number of rotatable bonds is 2. The van der Waals surface area contributed by atoms with Crippen molar-refractivity contribution in [3.05, 3.63) is 0 Å². The number of hydrogen-bond donors (Lipinski definition) is 4. The number of hydrogen-bond acceptors (Lipinski definition) is 3. The maximum Gasteiger partial charge on any atom is 1.00 e. The first-order chi connectivity index (χ1) is 3.71. The second-order valence-electron chi connectivity index (χ2n) is 1.06. The Morgan fingerprint density at radius 3 is 1.10 bits per heavy atom. The summed E-state index contributed by atoms with van der Waals surface area (Å²) >= 11 is 0. The van der Waals surface area contributed by atoms with Crippen molar-refractivity contribution in [2.24, 2.45) is 0 Å². The van der Waals surface area contributed by atoms with Gasteiger partial charge >= 0.3 is 32.7 Å². The van der Waals surface area contributed by atoms with E-state index in [-0.39, 0.29) is 17.1 Å². The molecule has 0 aliphatic rings. The fourth-order valence-corrected chi connectivity index (χ4v) is 1.25. The zero-order valence-corrected chi connectivity index (χ0v) is 6.94. The van der Waals surface area contributed by atoms with Crippen molar-refractivity contribution in [2.75, 3.05) is 0 Å². The molecule has 0 heterocycles. The fourth-order valence-electron chi connectivity index (χ4n) is 0.139. The van der Waals surface area contributed by atoms with Crippen LogP contribution in [0.25, 0.3) is 0 Å². The molecule has 10 heavy (non-hydrogen) atoms. The average Bonchev–Trinajstić information content (AvgIpc) is 1.14. The Kier molecular flexibility index (Phi) is 5.31. The first-order valence-corrected chi connectivity index (χ1v) is 4.59. The summed E-state index contributed by atoms with van der Waals surface area (Å²) in [6.07, 6.45) is 0. The maximum absolute atomic E-state index is 9.63. The quantitative estimate of drug-likeness (QED) is 0.368. The van der Waals surface area contributed by atoms with E-state index in [1.807, 2.05) is 0 Å². The molecule has 0 radical (unpaired) electrons. The van der Waals surface area contributed by atoms with Gasteiger partial charge in [0, 0.05) is 0 Å². The molecule has 0 aromatic rings. The minimum atomic E-state index is -5.05. The van der Waals surface area contributed by atoms with Gasteiger partial charge in [-0.25, -0.2) is 9.13 Å². The second kappa shape index (κ2) is 3.97. The Balaban J connectivity index is 0. The first kappa shape index (κ1) is 13.4. The van der Waals surface area contributed by atoms with E-state index < -0.39 is 15.6 Å². The fraction of sp³-hybridized carbons (Fsp3) is 0. The summed E-state index contributed by atoms with van der Waals surface area (Å²) in [5, 5.41) is 0. The van der Waals surface area contributed by atoms with Crippen molar-refractivity contribution in [1.82, 2.24) is 0 Å². The molecule has 10 heteroatoms. The molecule has 0 aromatic heterocycles. The molecule has 0 saturated carbocycles. The van der Waals surface area contributed by atoms with E-state index in [0.29, 0.717) is 0 Å². The van der Waals surface area contributed by atoms with Crippen molar-refractivity contribution in [3.8, 4) is 0 Å². The van der Waals surface area contributed by atoms with Gasteiger partial charge in [0.1, 0.15) is 0 Å². The summed E-state index contributed by atoms with van der Waals surface area (Å²) in [5.41, 5.74) is 0. The molecule has 7 nitrogen and oxygen atoms in total. The van der Waals surface area contributed by atoms with Crippen LogP contribution in [0.15, 0.2) is 0 Å². The predicted octanol–water partition coefficient (Wildman–Crippen LogP) is -0.814. The largest absolute Gasteiger partial charge is 1.00 e. The van der Waals surface area contributed by atoms with Crippen molar-refractivity contribution in [3.63, 3.8) is 0 Å². The molecule has 0 rings (SSSR count). The minimum absolute atomic E-state index is 0. The van der Waals surface area contributed by atoms with Crippen LogP contribution in [0.5, 0.6) is 0 Å². The molecule has 0 aliphatic carbocycles. The van der Waals surface area contributed by atoms with Crippen LogP contribution in [0, 0.1) is 0 Å². The molecule has 0 spiro atoms. The van der Waals surface area contributed by atoms with Gasteiger partial charge in [-0.1, -0.05) is 0 Å². The molecule has 66 valence electrons. The SMILES string of the molecule is O=P(O)(O)OP(=O)(O)O.[Cu+]. The molecule has 0 unspecified atom stereocenters. The van der Waals surface area contributed by atoms with Crippen LogP contribution in [0.3, 0.4) is 0 Å². The zero-order valence-electron chi connectivity index (χ0n) is 4.21. The van der Waals surface area contributed by atoms with Crippen LogP contribution >= 0.6 is 15.6 Å². The van der Waals surface area contributed by atoms with Crippen LogP contribution < -0.4 is 0 Å². The number of phosphoric acid groups is 2. The van der Waals surface area contributed by atoms with Crippen LogP contribution in [0.4, 0.5) is 0 Å². The second-order valence-corrected chi connectivity index (χ2v) is 3.68. The summed E-state index contributed by atoms with van der Waals surface area (Å²) in [5.74, 6) is 0. The van der Waals surface area contributed by atoms with Gasteiger partial charge in [-0.15, -0.1) is 0 Å². The summed E-state index contributed by atoms with van der Waals surface area (Å²) in [6.45, 7) is 0. The van der Waals surface area contributed by atoms with Crippen molar-refractivity contribution in [1.29, 1.82) is 0 Å². The summed E-state index contributed by atoms with van der Waals surface area (Å²) in [7, 11) is -10.1. The first-order valence-electron chi connectivity index (χ1n) is 1.53. The molecular formula is H4CuO7P2+. The van der Waals surface area contributed by atoms with E-state index in [1.165, 1.54) is 0 Å². The van der Waals surface area contributed by atoms with Crippen LogP contribution in [0.1, 0.15) is 0 Å². The third kappa shape index (κ3) is 11.6. The van der Waals surface area contributed by atoms with Crippen LogP contribution in [-0.4, -0.2) is 19.6 Å². The van der Waals surface area contributed by atoms with E-state index in [4.69, 9.17) is 19.6 Å². The summed E-state index contributed by atoms with van der Waals surface area (Å²) in [4.78, 5) is 31.0. The van der Waals surface area contributed by atoms with Crippen LogP contribution in [-0.2, 0) is 30.5 Å². The Morgan fingerprint density at radius 1 is 0.900 bits per heavy atom. The van der Waals surface area contributed by atoms with Gasteiger partial charge in [0.05, 0.1) is 0 Å². The minimum Gasteiger partial charge on any atom is -0.302 e. The zero-order chi connectivity index (χ0) is 7.71. The Labute approximate surface area is 66.4 Å². The van der Waals surface area contributed by atoms with E-state index in [0.717, 1.165) is 0 Å². The van der Waals surface area contributed by atoms with Crippen molar-refractivity contribution < 1.29 is 50.1 Å². The molecule has 0 bridgehead atoms. The molecule has 0 aromatic carbocycles. The third-order valence-corrected chi connectivity index (χ3v) is 1.91. The van der Waals surface area contributed by atoms with E-state index in [1.54, 1.807) is 0 Å². The van der Waals surface area contributed by atoms with Gasteiger partial charge in [-0.05, 0) is 0 Å².